The summed E-state index contributed by atoms with van der Waals surface area (Å²) in [4.78, 5) is 0. The van der Waals surface area contributed by atoms with Crippen molar-refractivity contribution in [3.8, 4) is 0 Å². The van der Waals surface area contributed by atoms with E-state index in [0.717, 1.165) is 0 Å². The quantitative estimate of drug-likeness (QED) is 0.590. The molecule has 0 saturated carbocycles. The van der Waals surface area contributed by atoms with E-state index in [1.54, 1.807) is 12.2 Å². The lowest BCUT2D eigenvalue weighted by atomic mass is 9.92. The molecular weight excluding hydrogens is 128 g/mol. The van der Waals surface area contributed by atoms with Crippen molar-refractivity contribution in [1.29, 1.82) is 0 Å². The molecule has 2 N–H and O–H groups in total. The Balaban J connectivity index is 2.52. The van der Waals surface area contributed by atoms with Crippen molar-refractivity contribution in [3.05, 3.63) is 24.3 Å². The molecule has 0 spiro atoms. The van der Waals surface area contributed by atoms with Crippen LogP contribution in [0, 0.1) is 0 Å². The fourth-order valence-corrected chi connectivity index (χ4v) is 1.03. The van der Waals surface area contributed by atoms with E-state index in [0.29, 0.717) is 12.8 Å². The highest BCUT2D eigenvalue weighted by atomic mass is 16.3. The highest BCUT2D eigenvalue weighted by Gasteiger charge is 2.21. The number of allylic oxidation sites excluding steroid dienone is 2. The normalized spacial score (nSPS) is 31.0. The molecule has 1 aliphatic carbocycles. The Morgan fingerprint density at radius 3 is 2.70 bits per heavy atom. The van der Waals surface area contributed by atoms with Crippen LogP contribution in [-0.2, 0) is 0 Å². The van der Waals surface area contributed by atoms with Gasteiger partial charge < -0.3 is 10.2 Å². The predicted molar refractivity (Wildman–Crippen MR) is 39.5 cm³/mol. The number of hydrogen-bond acceptors (Lipinski definition) is 2. The number of hydrogen-bond donors (Lipinski definition) is 2. The van der Waals surface area contributed by atoms with Crippen LogP contribution in [0.15, 0.2) is 24.3 Å². The second kappa shape index (κ2) is 2.99. The summed E-state index contributed by atoms with van der Waals surface area (Å²) < 4.78 is 0. The first-order chi connectivity index (χ1) is 4.77. The minimum atomic E-state index is -0.788. The smallest absolute Gasteiger partial charge is 0.0886 e. The lowest BCUT2D eigenvalue weighted by Crippen LogP contribution is -2.27. The molecule has 1 aliphatic rings. The Hall–Kier alpha value is -0.600. The Morgan fingerprint density at radius 2 is 2.20 bits per heavy atom. The summed E-state index contributed by atoms with van der Waals surface area (Å²) in [6.45, 7) is 0.0364. The zero-order valence-corrected chi connectivity index (χ0v) is 5.83. The molecule has 0 bridgehead atoms. The second-order valence-electron chi connectivity index (χ2n) is 2.57. The molecule has 2 nitrogen and oxygen atoms in total. The van der Waals surface area contributed by atoms with Crippen molar-refractivity contribution in [2.24, 2.45) is 0 Å². The van der Waals surface area contributed by atoms with Crippen LogP contribution in [0.1, 0.15) is 12.8 Å². The maximum absolute atomic E-state index is 9.57. The third-order valence-corrected chi connectivity index (χ3v) is 1.67. The van der Waals surface area contributed by atoms with Crippen molar-refractivity contribution >= 4 is 0 Å². The molecule has 56 valence electrons. The molecule has 0 aromatic carbocycles. The van der Waals surface area contributed by atoms with Gasteiger partial charge in [0.15, 0.2) is 0 Å². The fraction of sp³-hybridized carbons (Fsp3) is 0.500. The van der Waals surface area contributed by atoms with Gasteiger partial charge in [-0.1, -0.05) is 24.3 Å². The van der Waals surface area contributed by atoms with Crippen molar-refractivity contribution in [3.63, 3.8) is 0 Å². The maximum atomic E-state index is 9.57. The van der Waals surface area contributed by atoms with E-state index in [-0.39, 0.29) is 6.61 Å². The molecule has 0 aromatic rings. The van der Waals surface area contributed by atoms with Gasteiger partial charge in [0.25, 0.3) is 0 Å². The van der Waals surface area contributed by atoms with E-state index < -0.39 is 5.60 Å². The molecule has 1 atom stereocenters. The van der Waals surface area contributed by atoms with Crippen LogP contribution in [0.3, 0.4) is 0 Å². The van der Waals surface area contributed by atoms with Crippen LogP contribution >= 0.6 is 0 Å². The van der Waals surface area contributed by atoms with E-state index in [1.165, 1.54) is 0 Å². The van der Waals surface area contributed by atoms with Gasteiger partial charge in [-0.2, -0.15) is 0 Å². The first kappa shape index (κ1) is 7.51. The lowest BCUT2D eigenvalue weighted by Gasteiger charge is -2.23. The molecule has 0 amide bonds. The molecule has 0 aliphatic heterocycles. The maximum Gasteiger partial charge on any atom is 0.0886 e. The van der Waals surface area contributed by atoms with E-state index in [4.69, 9.17) is 5.11 Å². The van der Waals surface area contributed by atoms with Crippen molar-refractivity contribution < 1.29 is 10.2 Å². The first-order valence-electron chi connectivity index (χ1n) is 3.44. The number of aliphatic hydroxyl groups excluding tert-OH is 1. The Bertz CT molecular complexity index is 161. The van der Waals surface area contributed by atoms with Crippen LogP contribution in [0.5, 0.6) is 0 Å². The molecular formula is C8H12O2. The largest absolute Gasteiger partial charge is 0.396 e. The van der Waals surface area contributed by atoms with E-state index >= 15 is 0 Å². The topological polar surface area (TPSA) is 40.5 Å². The van der Waals surface area contributed by atoms with Gasteiger partial charge in [0.05, 0.1) is 5.60 Å². The summed E-state index contributed by atoms with van der Waals surface area (Å²) in [5.74, 6) is 0. The Kier molecular flexibility index (Phi) is 2.25. The summed E-state index contributed by atoms with van der Waals surface area (Å²) in [7, 11) is 0. The molecule has 0 heterocycles. The van der Waals surface area contributed by atoms with Crippen LogP contribution in [0.2, 0.25) is 0 Å². The molecule has 10 heavy (non-hydrogen) atoms. The standard InChI is InChI=1S/C8H12O2/c9-7-6-8(10)4-2-1-3-5-8/h1-4,9-10H,5-7H2. The van der Waals surface area contributed by atoms with Crippen LogP contribution in [0.4, 0.5) is 0 Å². The van der Waals surface area contributed by atoms with Crippen molar-refractivity contribution in [1.82, 2.24) is 0 Å². The number of rotatable bonds is 2. The monoisotopic (exact) mass is 140 g/mol. The molecule has 2 heteroatoms. The summed E-state index contributed by atoms with van der Waals surface area (Å²) in [6.07, 6.45) is 8.36. The second-order valence-corrected chi connectivity index (χ2v) is 2.57. The minimum Gasteiger partial charge on any atom is -0.396 e. The van der Waals surface area contributed by atoms with Gasteiger partial charge in [0.2, 0.25) is 0 Å². The van der Waals surface area contributed by atoms with Crippen molar-refractivity contribution in [2.45, 2.75) is 18.4 Å². The van der Waals surface area contributed by atoms with Crippen LogP contribution in [0.25, 0.3) is 0 Å². The SMILES string of the molecule is OCCC1(O)C=CC=CC1. The third-order valence-electron chi connectivity index (χ3n) is 1.67. The molecule has 0 aromatic heterocycles. The highest BCUT2D eigenvalue weighted by molar-refractivity contribution is 5.17. The van der Waals surface area contributed by atoms with Crippen molar-refractivity contribution in [2.75, 3.05) is 6.61 Å². The van der Waals surface area contributed by atoms with Crippen LogP contribution < -0.4 is 0 Å². The minimum absolute atomic E-state index is 0.0364. The first-order valence-corrected chi connectivity index (χ1v) is 3.44. The van der Waals surface area contributed by atoms with E-state index in [9.17, 15) is 5.11 Å². The lowest BCUT2D eigenvalue weighted by molar-refractivity contribution is 0.0628. The van der Waals surface area contributed by atoms with Gasteiger partial charge in [0, 0.05) is 13.0 Å². The van der Waals surface area contributed by atoms with E-state index in [2.05, 4.69) is 0 Å². The van der Waals surface area contributed by atoms with Gasteiger partial charge in [-0.3, -0.25) is 0 Å². The Labute approximate surface area is 60.5 Å². The van der Waals surface area contributed by atoms with Gasteiger partial charge >= 0.3 is 0 Å². The average molecular weight is 140 g/mol. The zero-order chi connectivity index (χ0) is 7.45. The van der Waals surface area contributed by atoms with Gasteiger partial charge in [-0.25, -0.2) is 0 Å². The Morgan fingerprint density at radius 1 is 1.40 bits per heavy atom. The summed E-state index contributed by atoms with van der Waals surface area (Å²) in [5.41, 5.74) is -0.788. The predicted octanol–water partition coefficient (Wildman–Crippen LogP) is 0.616. The molecule has 0 fully saturated rings. The van der Waals surface area contributed by atoms with Gasteiger partial charge in [-0.15, -0.1) is 0 Å². The highest BCUT2D eigenvalue weighted by Crippen LogP contribution is 2.20. The molecule has 1 rings (SSSR count). The van der Waals surface area contributed by atoms with Gasteiger partial charge in [-0.05, 0) is 6.42 Å². The van der Waals surface area contributed by atoms with Gasteiger partial charge in [0.1, 0.15) is 0 Å². The summed E-state index contributed by atoms with van der Waals surface area (Å²) in [5, 5.41) is 18.1. The fourth-order valence-electron chi connectivity index (χ4n) is 1.03. The molecule has 0 radical (unpaired) electrons. The summed E-state index contributed by atoms with van der Waals surface area (Å²) in [6, 6.07) is 0. The molecule has 1 unspecified atom stereocenters. The summed E-state index contributed by atoms with van der Waals surface area (Å²) >= 11 is 0. The van der Waals surface area contributed by atoms with E-state index in [1.807, 2.05) is 12.2 Å². The average Bonchev–Trinajstić information content (AvgIpc) is 1.89. The third kappa shape index (κ3) is 1.69. The molecule has 0 saturated heterocycles. The number of aliphatic hydroxyl groups is 2. The zero-order valence-electron chi connectivity index (χ0n) is 5.83. The van der Waals surface area contributed by atoms with Crippen LogP contribution in [-0.4, -0.2) is 22.4 Å².